The van der Waals surface area contributed by atoms with Gasteiger partial charge < -0.3 is 14.2 Å². The lowest BCUT2D eigenvalue weighted by atomic mass is 10.3. The van der Waals surface area contributed by atoms with Crippen molar-refractivity contribution >= 4 is 46.7 Å². The van der Waals surface area contributed by atoms with E-state index >= 15 is 0 Å². The Kier molecular flexibility index (Phi) is 8.67. The van der Waals surface area contributed by atoms with Crippen LogP contribution in [0.4, 0.5) is 0 Å². The molecule has 0 bridgehead atoms. The molecule has 1 aromatic carbocycles. The molecule has 134 valence electrons. The fraction of sp³-hybridized carbons (Fsp3) is 0.500. The van der Waals surface area contributed by atoms with Crippen molar-refractivity contribution < 1.29 is 23.8 Å². The highest BCUT2D eigenvalue weighted by atomic mass is 35.5. The van der Waals surface area contributed by atoms with Crippen LogP contribution in [0.2, 0.25) is 15.1 Å². The lowest BCUT2D eigenvalue weighted by Crippen LogP contribution is -2.33. The van der Waals surface area contributed by atoms with Crippen LogP contribution < -0.4 is 4.74 Å². The smallest absolute Gasteiger partial charge is 0.347 e. The third-order valence-corrected chi connectivity index (χ3v) is 4.00. The van der Waals surface area contributed by atoms with Gasteiger partial charge in [0, 0.05) is 6.07 Å². The van der Waals surface area contributed by atoms with Crippen molar-refractivity contribution in [2.24, 2.45) is 0 Å². The highest BCUT2D eigenvalue weighted by Gasteiger charge is 2.25. The van der Waals surface area contributed by atoms with Gasteiger partial charge in [-0.1, -0.05) is 48.1 Å². The van der Waals surface area contributed by atoms with Crippen molar-refractivity contribution in [2.75, 3.05) is 6.61 Å². The number of unbranched alkanes of at least 4 members (excludes halogenated alkanes) is 1. The van der Waals surface area contributed by atoms with Gasteiger partial charge in [-0.25, -0.2) is 9.59 Å². The fourth-order valence-corrected chi connectivity index (χ4v) is 2.17. The third kappa shape index (κ3) is 6.38. The zero-order valence-electron chi connectivity index (χ0n) is 13.6. The number of esters is 2. The minimum Gasteiger partial charge on any atom is -0.477 e. The molecule has 0 aromatic heterocycles. The molecule has 0 fully saturated rings. The quantitative estimate of drug-likeness (QED) is 0.362. The summed E-state index contributed by atoms with van der Waals surface area (Å²) in [6.45, 7) is 5.17. The molecule has 24 heavy (non-hydrogen) atoms. The highest BCUT2D eigenvalue weighted by Crippen LogP contribution is 2.34. The number of hydrogen-bond acceptors (Lipinski definition) is 5. The molecule has 0 spiro atoms. The average Bonchev–Trinajstić information content (AvgIpc) is 2.52. The van der Waals surface area contributed by atoms with Crippen LogP contribution >= 0.6 is 34.8 Å². The van der Waals surface area contributed by atoms with E-state index in [0.29, 0.717) is 6.61 Å². The summed E-state index contributed by atoms with van der Waals surface area (Å²) in [6.07, 6.45) is -0.367. The van der Waals surface area contributed by atoms with Crippen LogP contribution in [-0.4, -0.2) is 30.8 Å². The predicted octanol–water partition coefficient (Wildman–Crippen LogP) is 4.69. The van der Waals surface area contributed by atoms with Crippen molar-refractivity contribution in [1.29, 1.82) is 0 Å². The summed E-state index contributed by atoms with van der Waals surface area (Å²) >= 11 is 17.7. The van der Waals surface area contributed by atoms with Crippen LogP contribution in [0.15, 0.2) is 12.1 Å². The predicted molar refractivity (Wildman–Crippen MR) is 93.0 cm³/mol. The van der Waals surface area contributed by atoms with E-state index in [1.54, 1.807) is 0 Å². The first-order valence-electron chi connectivity index (χ1n) is 7.44. The molecular weight excluding hydrogens is 379 g/mol. The van der Waals surface area contributed by atoms with Gasteiger partial charge >= 0.3 is 11.9 Å². The largest absolute Gasteiger partial charge is 0.477 e. The van der Waals surface area contributed by atoms with E-state index < -0.39 is 24.1 Å². The number of carbonyl (C=O) groups excluding carboxylic acids is 2. The molecule has 5 nitrogen and oxygen atoms in total. The van der Waals surface area contributed by atoms with Gasteiger partial charge in [-0.05, 0) is 26.3 Å². The summed E-state index contributed by atoms with van der Waals surface area (Å²) in [7, 11) is 0. The Morgan fingerprint density at radius 1 is 1.00 bits per heavy atom. The topological polar surface area (TPSA) is 61.8 Å². The Bertz CT molecular complexity index is 591. The number of halogens is 3. The van der Waals surface area contributed by atoms with Gasteiger partial charge in [0.05, 0.1) is 21.7 Å². The van der Waals surface area contributed by atoms with Gasteiger partial charge in [-0.3, -0.25) is 0 Å². The third-order valence-electron chi connectivity index (χ3n) is 2.98. The van der Waals surface area contributed by atoms with Gasteiger partial charge in [-0.15, -0.1) is 0 Å². The molecule has 0 unspecified atom stereocenters. The number of benzene rings is 1. The maximum atomic E-state index is 12.0. The van der Waals surface area contributed by atoms with Crippen LogP contribution in [0.5, 0.6) is 5.75 Å². The standard InChI is InChI=1S/C16H19Cl3O5/c1-4-5-6-22-15(20)9(2)24-16(21)10(3)23-14-8-12(18)11(17)7-13(14)19/h7-10H,4-6H2,1-3H3/t9-,10+/m0/s1. The first-order valence-corrected chi connectivity index (χ1v) is 8.58. The van der Waals surface area contributed by atoms with Gasteiger partial charge in [0.15, 0.2) is 12.2 Å². The lowest BCUT2D eigenvalue weighted by Gasteiger charge is -2.18. The van der Waals surface area contributed by atoms with Gasteiger partial charge in [0.25, 0.3) is 0 Å². The maximum Gasteiger partial charge on any atom is 0.347 e. The molecule has 0 aliphatic carbocycles. The Balaban J connectivity index is 2.59. The van der Waals surface area contributed by atoms with Crippen molar-refractivity contribution in [3.63, 3.8) is 0 Å². The summed E-state index contributed by atoms with van der Waals surface area (Å²) in [5, 5.41) is 0.716. The second-order valence-electron chi connectivity index (χ2n) is 5.06. The minimum atomic E-state index is -1.02. The molecule has 2 atom stereocenters. The van der Waals surface area contributed by atoms with Crippen LogP contribution in [-0.2, 0) is 19.1 Å². The molecule has 0 radical (unpaired) electrons. The van der Waals surface area contributed by atoms with E-state index in [9.17, 15) is 9.59 Å². The van der Waals surface area contributed by atoms with Crippen LogP contribution in [0.3, 0.4) is 0 Å². The Hall–Kier alpha value is -1.17. The summed E-state index contributed by atoms with van der Waals surface area (Å²) < 4.78 is 15.4. The van der Waals surface area contributed by atoms with E-state index in [2.05, 4.69) is 0 Å². The molecule has 1 rings (SSSR count). The molecule has 1 aromatic rings. The first-order chi connectivity index (χ1) is 11.3. The highest BCUT2D eigenvalue weighted by molar-refractivity contribution is 6.43. The van der Waals surface area contributed by atoms with E-state index in [4.69, 9.17) is 49.0 Å². The molecule has 0 aliphatic rings. The van der Waals surface area contributed by atoms with Gasteiger partial charge in [0.1, 0.15) is 5.75 Å². The van der Waals surface area contributed by atoms with Crippen molar-refractivity contribution in [3.8, 4) is 5.75 Å². The van der Waals surface area contributed by atoms with Crippen LogP contribution in [0, 0.1) is 0 Å². The Morgan fingerprint density at radius 3 is 2.25 bits per heavy atom. The van der Waals surface area contributed by atoms with Crippen LogP contribution in [0.25, 0.3) is 0 Å². The van der Waals surface area contributed by atoms with E-state index in [1.807, 2.05) is 6.92 Å². The van der Waals surface area contributed by atoms with Crippen molar-refractivity contribution in [3.05, 3.63) is 27.2 Å². The fourth-order valence-electron chi connectivity index (χ4n) is 1.59. The van der Waals surface area contributed by atoms with E-state index in [0.717, 1.165) is 12.8 Å². The number of hydrogen-bond donors (Lipinski definition) is 0. The summed E-state index contributed by atoms with van der Waals surface area (Å²) in [4.78, 5) is 23.7. The maximum absolute atomic E-state index is 12.0. The van der Waals surface area contributed by atoms with E-state index in [-0.39, 0.29) is 20.8 Å². The molecular formula is C16H19Cl3O5. The van der Waals surface area contributed by atoms with E-state index in [1.165, 1.54) is 26.0 Å². The number of rotatable bonds is 8. The van der Waals surface area contributed by atoms with Crippen LogP contribution in [0.1, 0.15) is 33.6 Å². The molecule has 0 amide bonds. The Morgan fingerprint density at radius 2 is 1.62 bits per heavy atom. The second kappa shape index (κ2) is 9.97. The monoisotopic (exact) mass is 396 g/mol. The zero-order chi connectivity index (χ0) is 18.3. The molecule has 0 saturated carbocycles. The molecule has 0 N–H and O–H groups in total. The Labute approximate surface area is 156 Å². The van der Waals surface area contributed by atoms with Crippen molar-refractivity contribution in [1.82, 2.24) is 0 Å². The lowest BCUT2D eigenvalue weighted by molar-refractivity contribution is -0.170. The number of ether oxygens (including phenoxy) is 3. The summed E-state index contributed by atoms with van der Waals surface area (Å²) in [5.74, 6) is -1.14. The molecule has 0 aliphatic heterocycles. The normalized spacial score (nSPS) is 13.1. The SMILES string of the molecule is CCCCOC(=O)[C@H](C)OC(=O)[C@@H](C)Oc1cc(Cl)c(Cl)cc1Cl. The molecule has 8 heteroatoms. The zero-order valence-corrected chi connectivity index (χ0v) is 15.9. The molecule has 0 saturated heterocycles. The molecule has 0 heterocycles. The summed E-state index contributed by atoms with van der Waals surface area (Å²) in [5.41, 5.74) is 0. The van der Waals surface area contributed by atoms with Gasteiger partial charge in [0.2, 0.25) is 0 Å². The summed E-state index contributed by atoms with van der Waals surface area (Å²) in [6, 6.07) is 2.81. The second-order valence-corrected chi connectivity index (χ2v) is 6.28. The average molecular weight is 398 g/mol. The first kappa shape index (κ1) is 20.9. The van der Waals surface area contributed by atoms with Gasteiger partial charge in [-0.2, -0.15) is 0 Å². The van der Waals surface area contributed by atoms with Crippen molar-refractivity contribution in [2.45, 2.75) is 45.8 Å². The minimum absolute atomic E-state index is 0.189. The number of carbonyl (C=O) groups is 2.